The van der Waals surface area contributed by atoms with Crippen LogP contribution in [0.2, 0.25) is 0 Å². The fourth-order valence-corrected chi connectivity index (χ4v) is 6.96. The van der Waals surface area contributed by atoms with Gasteiger partial charge in [0.2, 0.25) is 0 Å². The van der Waals surface area contributed by atoms with Gasteiger partial charge in [-0.05, 0) is 109 Å². The second-order valence-corrected chi connectivity index (χ2v) is 17.4. The minimum absolute atomic E-state index is 0.124. The quantitative estimate of drug-likeness (QED) is 0.0262. The summed E-state index contributed by atoms with van der Waals surface area (Å²) in [6.07, 6.45) is 74.9. The molecule has 1 unspecified atom stereocenters. The molecule has 0 radical (unpaired) electrons. The van der Waals surface area contributed by atoms with E-state index in [1.807, 2.05) is 6.08 Å². The summed E-state index contributed by atoms with van der Waals surface area (Å²) in [5.41, 5.74) is 0. The van der Waals surface area contributed by atoms with E-state index in [1.54, 1.807) is 0 Å². The topological polar surface area (TPSA) is 78.9 Å². The third-order valence-electron chi connectivity index (χ3n) is 10.9. The van der Waals surface area contributed by atoms with Crippen molar-refractivity contribution in [2.75, 3.05) is 13.2 Å². The molecule has 378 valence electrons. The van der Waals surface area contributed by atoms with Crippen molar-refractivity contribution < 1.29 is 28.6 Å². The maximum Gasteiger partial charge on any atom is 0.306 e. The summed E-state index contributed by atoms with van der Waals surface area (Å²) in [5, 5.41) is 0. The lowest BCUT2D eigenvalue weighted by atomic mass is 10.1. The molecule has 6 heteroatoms. The van der Waals surface area contributed by atoms with Crippen LogP contribution in [0.1, 0.15) is 226 Å². The van der Waals surface area contributed by atoms with Crippen LogP contribution < -0.4 is 0 Å². The lowest BCUT2D eigenvalue weighted by Crippen LogP contribution is -2.30. The summed E-state index contributed by atoms with van der Waals surface area (Å²) in [7, 11) is 0. The van der Waals surface area contributed by atoms with E-state index >= 15 is 0 Å². The van der Waals surface area contributed by atoms with Crippen LogP contribution in [0, 0.1) is 0 Å². The second kappa shape index (κ2) is 54.4. The molecule has 0 aromatic rings. The Kier molecular flexibility index (Phi) is 51.0. The van der Waals surface area contributed by atoms with Crippen molar-refractivity contribution in [3.8, 4) is 0 Å². The summed E-state index contributed by atoms with van der Waals surface area (Å²) in [5.74, 6) is -1.06. The molecule has 0 aliphatic rings. The number of ether oxygens (including phenoxy) is 3. The van der Waals surface area contributed by atoms with Crippen LogP contribution in [0.15, 0.2) is 122 Å². The molecule has 0 aliphatic heterocycles. The summed E-state index contributed by atoms with van der Waals surface area (Å²) in [6, 6.07) is 0. The van der Waals surface area contributed by atoms with E-state index in [0.717, 1.165) is 96.3 Å². The summed E-state index contributed by atoms with van der Waals surface area (Å²) < 4.78 is 16.7. The Morgan fingerprint density at radius 2 is 0.627 bits per heavy atom. The fourth-order valence-electron chi connectivity index (χ4n) is 6.96. The van der Waals surface area contributed by atoms with Crippen LogP contribution in [0.4, 0.5) is 0 Å². The zero-order valence-corrected chi connectivity index (χ0v) is 43.1. The van der Waals surface area contributed by atoms with Gasteiger partial charge in [-0.25, -0.2) is 0 Å². The van der Waals surface area contributed by atoms with Gasteiger partial charge in [-0.1, -0.05) is 219 Å². The maximum atomic E-state index is 12.8. The SMILES string of the molecule is CC/C=C/C/C=C/C/C=C/C/C=C/C/C=C/CCCC(=O)OC(COC(=O)CC/C=C/C/C=C/CCCCCCCC)COC(=O)CCCCCCCCCCC/C=C/C/C=C/C/C=C/CC. The number of hydrogen-bond donors (Lipinski definition) is 0. The number of carbonyl (C=O) groups excluding carboxylic acids is 3. The highest BCUT2D eigenvalue weighted by atomic mass is 16.6. The number of unbranched alkanes of at least 4 members (excludes halogenated alkanes) is 16. The Balaban J connectivity index is 4.53. The Hall–Kier alpha value is -4.19. The molecule has 0 aromatic carbocycles. The molecule has 0 aliphatic carbocycles. The van der Waals surface area contributed by atoms with Gasteiger partial charge in [0.25, 0.3) is 0 Å². The lowest BCUT2D eigenvalue weighted by Gasteiger charge is -2.18. The monoisotopic (exact) mass is 927 g/mol. The molecular formula is C61H98O6. The van der Waals surface area contributed by atoms with E-state index in [1.165, 1.54) is 77.0 Å². The van der Waals surface area contributed by atoms with Crippen molar-refractivity contribution in [1.29, 1.82) is 0 Å². The Labute approximate surface area is 412 Å². The van der Waals surface area contributed by atoms with Crippen molar-refractivity contribution in [2.24, 2.45) is 0 Å². The Morgan fingerprint density at radius 3 is 1.04 bits per heavy atom. The van der Waals surface area contributed by atoms with Crippen molar-refractivity contribution in [2.45, 2.75) is 232 Å². The van der Waals surface area contributed by atoms with Gasteiger partial charge >= 0.3 is 17.9 Å². The minimum Gasteiger partial charge on any atom is -0.462 e. The number of esters is 3. The highest BCUT2D eigenvalue weighted by molar-refractivity contribution is 5.71. The van der Waals surface area contributed by atoms with E-state index in [9.17, 15) is 14.4 Å². The van der Waals surface area contributed by atoms with Gasteiger partial charge in [-0.3, -0.25) is 14.4 Å². The molecular weight excluding hydrogens is 829 g/mol. The molecule has 0 rings (SSSR count). The predicted molar refractivity (Wildman–Crippen MR) is 288 cm³/mol. The van der Waals surface area contributed by atoms with Gasteiger partial charge in [-0.2, -0.15) is 0 Å². The summed E-state index contributed by atoms with van der Waals surface area (Å²) >= 11 is 0. The van der Waals surface area contributed by atoms with Gasteiger partial charge in [0.1, 0.15) is 13.2 Å². The molecule has 0 bridgehead atoms. The van der Waals surface area contributed by atoms with Crippen molar-refractivity contribution in [1.82, 2.24) is 0 Å². The smallest absolute Gasteiger partial charge is 0.306 e. The molecule has 0 saturated carbocycles. The average molecular weight is 927 g/mol. The standard InChI is InChI=1S/C61H98O6/c1-4-7-10-13-16-19-22-25-27-29-30-32-33-36-39-42-45-48-51-54-60(63)66-57-58(56-65-59(62)53-50-47-44-41-38-35-24-21-18-15-12-9-6-3)67-61(64)55-52-49-46-43-40-37-34-31-28-26-23-20-17-14-11-8-5-2/h7-8,10-11,16-17,19-20,25-28,34-35,37-38,43-44,46-47,58H,4-6,9,12-15,18,21-24,29-33,36,39-42,45,48-57H2,1-3H3/b10-7+,11-8+,19-16+,20-17+,27-25+,28-26+,37-34+,38-35+,46-43+,47-44+. The van der Waals surface area contributed by atoms with E-state index in [0.29, 0.717) is 19.3 Å². The molecule has 1 atom stereocenters. The van der Waals surface area contributed by atoms with Crippen LogP contribution in [0.3, 0.4) is 0 Å². The van der Waals surface area contributed by atoms with Crippen molar-refractivity contribution in [3.05, 3.63) is 122 Å². The van der Waals surface area contributed by atoms with Crippen LogP contribution in [-0.4, -0.2) is 37.2 Å². The fraction of sp³-hybridized carbons (Fsp3) is 0.623. The molecule has 0 amide bonds. The Bertz CT molecular complexity index is 1440. The first-order valence-electron chi connectivity index (χ1n) is 27.0. The van der Waals surface area contributed by atoms with E-state index in [4.69, 9.17) is 14.2 Å². The van der Waals surface area contributed by atoms with Gasteiger partial charge in [-0.15, -0.1) is 0 Å². The minimum atomic E-state index is -0.836. The van der Waals surface area contributed by atoms with Crippen molar-refractivity contribution in [3.63, 3.8) is 0 Å². The van der Waals surface area contributed by atoms with E-state index < -0.39 is 6.10 Å². The molecule has 0 N–H and O–H groups in total. The normalized spacial score (nSPS) is 13.1. The van der Waals surface area contributed by atoms with Gasteiger partial charge in [0, 0.05) is 19.3 Å². The van der Waals surface area contributed by atoms with Crippen LogP contribution >= 0.6 is 0 Å². The highest BCUT2D eigenvalue weighted by Crippen LogP contribution is 2.13. The molecule has 0 heterocycles. The molecule has 0 aromatic heterocycles. The predicted octanol–water partition coefficient (Wildman–Crippen LogP) is 18.1. The second-order valence-electron chi connectivity index (χ2n) is 17.4. The van der Waals surface area contributed by atoms with Crippen LogP contribution in [-0.2, 0) is 28.6 Å². The first-order valence-corrected chi connectivity index (χ1v) is 27.0. The number of rotatable bonds is 47. The summed E-state index contributed by atoms with van der Waals surface area (Å²) in [4.78, 5) is 38.0. The van der Waals surface area contributed by atoms with Crippen molar-refractivity contribution >= 4 is 17.9 Å². The third kappa shape index (κ3) is 52.6. The average Bonchev–Trinajstić information content (AvgIpc) is 3.33. The van der Waals surface area contributed by atoms with Crippen LogP contribution in [0.5, 0.6) is 0 Å². The maximum absolute atomic E-state index is 12.8. The largest absolute Gasteiger partial charge is 0.462 e. The van der Waals surface area contributed by atoms with Gasteiger partial charge in [0.05, 0.1) is 0 Å². The molecule has 0 fully saturated rings. The number of hydrogen-bond acceptors (Lipinski definition) is 6. The van der Waals surface area contributed by atoms with E-state index in [-0.39, 0.29) is 44.0 Å². The number of carbonyl (C=O) groups is 3. The first kappa shape index (κ1) is 62.8. The van der Waals surface area contributed by atoms with Crippen LogP contribution in [0.25, 0.3) is 0 Å². The molecule has 0 saturated heterocycles. The molecule has 0 spiro atoms. The third-order valence-corrected chi connectivity index (χ3v) is 10.9. The summed E-state index contributed by atoms with van der Waals surface area (Å²) in [6.45, 7) is 6.29. The first-order chi connectivity index (χ1) is 33.0. The Morgan fingerprint density at radius 1 is 0.313 bits per heavy atom. The van der Waals surface area contributed by atoms with Gasteiger partial charge < -0.3 is 14.2 Å². The number of allylic oxidation sites excluding steroid dienone is 20. The highest BCUT2D eigenvalue weighted by Gasteiger charge is 2.19. The molecule has 67 heavy (non-hydrogen) atoms. The lowest BCUT2D eigenvalue weighted by molar-refractivity contribution is -0.166. The zero-order chi connectivity index (χ0) is 48.6. The zero-order valence-electron chi connectivity index (χ0n) is 43.1. The molecule has 6 nitrogen and oxygen atoms in total. The van der Waals surface area contributed by atoms with Gasteiger partial charge in [0.15, 0.2) is 6.10 Å². The van der Waals surface area contributed by atoms with E-state index in [2.05, 4.69) is 136 Å².